The maximum Gasteiger partial charge on any atom is 0.415 e. The second-order valence-electron chi connectivity index (χ2n) is 6.38. The highest BCUT2D eigenvalue weighted by Crippen LogP contribution is 2.29. The number of ether oxygens (including phenoxy) is 1. The minimum atomic E-state index is -0.581. The van der Waals surface area contributed by atoms with Crippen LogP contribution >= 0.6 is 0 Å². The minimum Gasteiger partial charge on any atom is -0.443 e. The van der Waals surface area contributed by atoms with Crippen molar-refractivity contribution in [2.24, 2.45) is 0 Å². The summed E-state index contributed by atoms with van der Waals surface area (Å²) in [4.78, 5) is 14.2. The molecule has 1 amide bonds. The van der Waals surface area contributed by atoms with Gasteiger partial charge in [0.15, 0.2) is 0 Å². The lowest BCUT2D eigenvalue weighted by molar-refractivity contribution is 0.0568. The number of rotatable bonds is 2. The molecule has 0 aliphatic carbocycles. The Bertz CT molecular complexity index is 595. The predicted molar refractivity (Wildman–Crippen MR) is 85.6 cm³/mol. The summed E-state index contributed by atoms with van der Waals surface area (Å²) in [6.45, 7) is 7.03. The van der Waals surface area contributed by atoms with E-state index in [0.717, 1.165) is 13.0 Å². The van der Waals surface area contributed by atoms with Crippen molar-refractivity contribution in [1.29, 1.82) is 5.26 Å². The van der Waals surface area contributed by atoms with Crippen LogP contribution in [-0.4, -0.2) is 30.8 Å². The molecular formula is C16H22N4O2. The monoisotopic (exact) mass is 302 g/mol. The van der Waals surface area contributed by atoms with Gasteiger partial charge in [-0.05, 0) is 51.9 Å². The van der Waals surface area contributed by atoms with Gasteiger partial charge in [-0.1, -0.05) is 0 Å². The Morgan fingerprint density at radius 1 is 1.50 bits per heavy atom. The summed E-state index contributed by atoms with van der Waals surface area (Å²) >= 11 is 0. The third-order valence-corrected chi connectivity index (χ3v) is 3.41. The summed E-state index contributed by atoms with van der Waals surface area (Å²) in [5.74, 6) is 0. The molecule has 2 rings (SSSR count). The lowest BCUT2D eigenvalue weighted by atomic mass is 10.1. The van der Waals surface area contributed by atoms with Crippen molar-refractivity contribution in [3.63, 3.8) is 0 Å². The number of hydrogen-bond acceptors (Lipinski definition) is 5. The average Bonchev–Trinajstić information content (AvgIpc) is 2.92. The predicted octanol–water partition coefficient (Wildman–Crippen LogP) is 2.24. The maximum atomic E-state index is 12.6. The summed E-state index contributed by atoms with van der Waals surface area (Å²) in [7, 11) is 0. The molecule has 1 saturated heterocycles. The van der Waals surface area contributed by atoms with Gasteiger partial charge in [-0.25, -0.2) is 4.79 Å². The number of carbonyl (C=O) groups excluding carboxylic acids is 1. The molecular weight excluding hydrogens is 280 g/mol. The van der Waals surface area contributed by atoms with E-state index >= 15 is 0 Å². The fourth-order valence-corrected chi connectivity index (χ4v) is 2.46. The van der Waals surface area contributed by atoms with E-state index in [1.165, 1.54) is 0 Å². The highest BCUT2D eigenvalue weighted by atomic mass is 16.6. The molecule has 1 aliphatic heterocycles. The topological polar surface area (TPSA) is 91.4 Å². The van der Waals surface area contributed by atoms with Gasteiger partial charge in [-0.2, -0.15) is 5.26 Å². The van der Waals surface area contributed by atoms with E-state index in [4.69, 9.17) is 15.7 Å². The van der Waals surface area contributed by atoms with Crippen molar-refractivity contribution in [2.45, 2.75) is 38.8 Å². The van der Waals surface area contributed by atoms with Crippen molar-refractivity contribution in [3.05, 3.63) is 23.8 Å². The first-order valence-corrected chi connectivity index (χ1v) is 7.34. The number of nitrogens with one attached hydrogen (secondary N) is 1. The van der Waals surface area contributed by atoms with Crippen LogP contribution in [0, 0.1) is 11.3 Å². The van der Waals surface area contributed by atoms with E-state index in [0.29, 0.717) is 23.5 Å². The fourth-order valence-electron chi connectivity index (χ4n) is 2.46. The Morgan fingerprint density at radius 3 is 2.73 bits per heavy atom. The molecule has 1 heterocycles. The summed E-state index contributed by atoms with van der Waals surface area (Å²) in [5, 5.41) is 12.2. The van der Waals surface area contributed by atoms with E-state index in [-0.39, 0.29) is 6.04 Å². The molecule has 118 valence electrons. The molecule has 6 nitrogen and oxygen atoms in total. The minimum absolute atomic E-state index is 0.00918. The molecule has 1 aliphatic rings. The largest absolute Gasteiger partial charge is 0.443 e. The van der Waals surface area contributed by atoms with Gasteiger partial charge in [0, 0.05) is 6.54 Å². The number of anilines is 2. The second kappa shape index (κ2) is 6.24. The molecule has 0 radical (unpaired) electrons. The molecule has 0 aromatic heterocycles. The van der Waals surface area contributed by atoms with Crippen molar-refractivity contribution in [2.75, 3.05) is 23.7 Å². The molecule has 1 atom stereocenters. The normalized spacial score (nSPS) is 17.8. The molecule has 6 heteroatoms. The van der Waals surface area contributed by atoms with E-state index in [1.54, 1.807) is 23.1 Å². The van der Waals surface area contributed by atoms with Gasteiger partial charge in [-0.3, -0.25) is 4.90 Å². The Labute approximate surface area is 130 Å². The Morgan fingerprint density at radius 2 is 2.23 bits per heavy atom. The van der Waals surface area contributed by atoms with Crippen LogP contribution in [0.2, 0.25) is 0 Å². The first-order valence-electron chi connectivity index (χ1n) is 7.34. The number of carbonyl (C=O) groups is 1. The van der Waals surface area contributed by atoms with Crippen LogP contribution in [0.15, 0.2) is 18.2 Å². The maximum absolute atomic E-state index is 12.6. The van der Waals surface area contributed by atoms with Gasteiger partial charge in [0.1, 0.15) is 5.60 Å². The number of nitrogens with zero attached hydrogens (tertiary/aromatic N) is 2. The van der Waals surface area contributed by atoms with Crippen LogP contribution in [-0.2, 0) is 4.74 Å². The van der Waals surface area contributed by atoms with Gasteiger partial charge >= 0.3 is 6.09 Å². The van der Waals surface area contributed by atoms with E-state index in [9.17, 15) is 4.79 Å². The highest BCUT2D eigenvalue weighted by Gasteiger charge is 2.32. The van der Waals surface area contributed by atoms with Crippen LogP contribution in [0.1, 0.15) is 32.8 Å². The molecule has 0 bridgehead atoms. The van der Waals surface area contributed by atoms with Crippen molar-refractivity contribution in [1.82, 2.24) is 5.32 Å². The SMILES string of the molecule is CC(C)(C)OC(=O)N(c1ccc(C#N)cc1N)[C@@H]1CCNC1. The zero-order chi connectivity index (χ0) is 16.3. The van der Waals surface area contributed by atoms with Gasteiger partial charge in [0.2, 0.25) is 0 Å². The molecule has 1 fully saturated rings. The first kappa shape index (κ1) is 16.1. The van der Waals surface area contributed by atoms with Gasteiger partial charge in [0.05, 0.1) is 29.0 Å². The van der Waals surface area contributed by atoms with Gasteiger partial charge in [-0.15, -0.1) is 0 Å². The Kier molecular flexibility index (Phi) is 4.57. The van der Waals surface area contributed by atoms with Crippen LogP contribution in [0.25, 0.3) is 0 Å². The van der Waals surface area contributed by atoms with E-state index in [2.05, 4.69) is 5.32 Å². The number of nitrogens with two attached hydrogens (primary N) is 1. The van der Waals surface area contributed by atoms with Gasteiger partial charge in [0.25, 0.3) is 0 Å². The third kappa shape index (κ3) is 3.68. The highest BCUT2D eigenvalue weighted by molar-refractivity contribution is 5.92. The Balaban J connectivity index is 2.36. The molecule has 22 heavy (non-hydrogen) atoms. The molecule has 1 aromatic carbocycles. The standard InChI is InChI=1S/C16H22N4O2/c1-16(2,3)22-15(21)20(12-6-7-19-10-12)14-5-4-11(9-17)8-13(14)18/h4-5,8,12,19H,6-7,10,18H2,1-3H3/t12-/m1/s1. The van der Waals surface area contributed by atoms with Gasteiger partial charge < -0.3 is 15.8 Å². The Hall–Kier alpha value is -2.26. The van der Waals surface area contributed by atoms with Crippen LogP contribution in [0.5, 0.6) is 0 Å². The smallest absolute Gasteiger partial charge is 0.415 e. The van der Waals surface area contributed by atoms with Crippen LogP contribution in [0.3, 0.4) is 0 Å². The fraction of sp³-hybridized carbons (Fsp3) is 0.500. The molecule has 3 N–H and O–H groups in total. The average molecular weight is 302 g/mol. The summed E-state index contributed by atoms with van der Waals surface area (Å²) in [6, 6.07) is 6.98. The number of nitriles is 1. The van der Waals surface area contributed by atoms with Crippen molar-refractivity contribution >= 4 is 17.5 Å². The quantitative estimate of drug-likeness (QED) is 0.818. The third-order valence-electron chi connectivity index (χ3n) is 3.41. The summed E-state index contributed by atoms with van der Waals surface area (Å²) in [5.41, 5.74) is 6.92. The lowest BCUT2D eigenvalue weighted by Crippen LogP contribution is -2.45. The summed E-state index contributed by atoms with van der Waals surface area (Å²) in [6.07, 6.45) is 0.413. The van der Waals surface area contributed by atoms with E-state index in [1.807, 2.05) is 26.8 Å². The second-order valence-corrected chi connectivity index (χ2v) is 6.38. The molecule has 1 aromatic rings. The number of benzene rings is 1. The van der Waals surface area contributed by atoms with Crippen molar-refractivity contribution in [3.8, 4) is 6.07 Å². The lowest BCUT2D eigenvalue weighted by Gasteiger charge is -2.32. The number of amides is 1. The number of nitrogen functional groups attached to an aromatic ring is 1. The molecule has 0 saturated carbocycles. The van der Waals surface area contributed by atoms with Crippen LogP contribution < -0.4 is 16.0 Å². The zero-order valence-electron chi connectivity index (χ0n) is 13.2. The molecule has 0 spiro atoms. The summed E-state index contributed by atoms with van der Waals surface area (Å²) < 4.78 is 5.52. The van der Waals surface area contributed by atoms with E-state index < -0.39 is 11.7 Å². The zero-order valence-corrected chi connectivity index (χ0v) is 13.2. The molecule has 0 unspecified atom stereocenters. The number of hydrogen-bond donors (Lipinski definition) is 2. The van der Waals surface area contributed by atoms with Crippen molar-refractivity contribution < 1.29 is 9.53 Å². The van der Waals surface area contributed by atoms with Crippen LogP contribution in [0.4, 0.5) is 16.2 Å². The first-order chi connectivity index (χ1) is 10.3.